The Labute approximate surface area is 239 Å². The van der Waals surface area contributed by atoms with Gasteiger partial charge in [0.2, 0.25) is 0 Å². The minimum absolute atomic E-state index is 0.146. The van der Waals surface area contributed by atoms with Gasteiger partial charge in [-0.1, -0.05) is 84.4 Å². The zero-order chi connectivity index (χ0) is 28.5. The molecule has 1 unspecified atom stereocenters. The van der Waals surface area contributed by atoms with Crippen LogP contribution in [0.5, 0.6) is 0 Å². The molecular weight excluding hydrogens is 540 g/mol. The van der Waals surface area contributed by atoms with Crippen LogP contribution in [-0.4, -0.2) is 34.4 Å². The fourth-order valence-electron chi connectivity index (χ4n) is 6.91. The quantitative estimate of drug-likeness (QED) is 0.121. The fourth-order valence-corrected chi connectivity index (χ4v) is 7.16. The van der Waals surface area contributed by atoms with Crippen molar-refractivity contribution in [1.82, 2.24) is 0 Å². The van der Waals surface area contributed by atoms with Crippen LogP contribution >= 0.6 is 11.6 Å². The van der Waals surface area contributed by atoms with Crippen molar-refractivity contribution in [3.8, 4) is 0 Å². The second kappa shape index (κ2) is 9.08. The minimum atomic E-state index is -1.67. The van der Waals surface area contributed by atoms with Gasteiger partial charge in [-0.3, -0.25) is 24.5 Å². The number of hydrogen-bond acceptors (Lipinski definition) is 6. The maximum Gasteiger partial charge on any atom is 0.269 e. The number of hydrogen-bond donors (Lipinski definition) is 0. The Kier molecular flexibility index (Phi) is 5.56. The summed E-state index contributed by atoms with van der Waals surface area (Å²) in [4.78, 5) is 56.5. The van der Waals surface area contributed by atoms with E-state index in [-0.39, 0.29) is 28.6 Å². The number of rotatable bonds is 4. The first-order valence-corrected chi connectivity index (χ1v) is 13.5. The topological polar surface area (TPSA) is 97.6 Å². The Hall–Kier alpha value is -4.88. The molecule has 7 rings (SSSR count). The zero-order valence-corrected chi connectivity index (χ0v) is 22.2. The van der Waals surface area contributed by atoms with Gasteiger partial charge in [-0.25, -0.2) is 0 Å². The molecule has 2 heterocycles. The van der Waals surface area contributed by atoms with E-state index in [0.29, 0.717) is 27.4 Å². The van der Waals surface area contributed by atoms with Crippen LogP contribution in [0.4, 0.5) is 11.4 Å². The van der Waals surface area contributed by atoms with Crippen LogP contribution in [0.25, 0.3) is 6.08 Å². The number of carbonyl (C=O) groups is 3. The number of non-ortho nitro benzene ring substituents is 1. The Bertz CT molecular complexity index is 1790. The molecule has 200 valence electrons. The normalized spacial score (nSPS) is 21.5. The SMILES string of the molecule is O=C(c1ccc([N+](=O)[O-])cc1)[C@@H]1[C@@H](c2ccccc2Cl)C2(C(=O)c3ccccc3C2=O)C2C=Cc3ccccc3N21. The molecule has 1 fully saturated rings. The Balaban J connectivity index is 1.53. The first-order chi connectivity index (χ1) is 19.9. The first-order valence-electron chi connectivity index (χ1n) is 13.1. The van der Waals surface area contributed by atoms with E-state index >= 15 is 0 Å². The predicted molar refractivity (Wildman–Crippen MR) is 155 cm³/mol. The van der Waals surface area contributed by atoms with Crippen molar-refractivity contribution in [3.63, 3.8) is 0 Å². The van der Waals surface area contributed by atoms with Crippen LogP contribution < -0.4 is 4.90 Å². The third kappa shape index (κ3) is 3.36. The molecule has 3 atom stereocenters. The highest BCUT2D eigenvalue weighted by Crippen LogP contribution is 2.61. The summed E-state index contributed by atoms with van der Waals surface area (Å²) in [6, 6.07) is 24.9. The smallest absolute Gasteiger partial charge is 0.269 e. The molecule has 4 aromatic rings. The molecule has 0 radical (unpaired) electrons. The van der Waals surface area contributed by atoms with Crippen LogP contribution in [0.1, 0.15) is 48.1 Å². The summed E-state index contributed by atoms with van der Waals surface area (Å²) in [6.45, 7) is 0. The highest BCUT2D eigenvalue weighted by atomic mass is 35.5. The number of fused-ring (bicyclic) bond motifs is 5. The molecule has 2 aliphatic heterocycles. The average molecular weight is 561 g/mol. The molecule has 0 saturated carbocycles. The maximum absolute atomic E-state index is 14.6. The molecule has 0 amide bonds. The van der Waals surface area contributed by atoms with E-state index < -0.39 is 28.3 Å². The van der Waals surface area contributed by atoms with Gasteiger partial charge in [0, 0.05) is 45.5 Å². The number of nitrogens with zero attached hydrogens (tertiary/aromatic N) is 2. The number of Topliss-reactive ketones (excluding diaryl/α,β-unsaturated/α-hetero) is 3. The Morgan fingerprint density at radius 3 is 2.10 bits per heavy atom. The van der Waals surface area contributed by atoms with Crippen LogP contribution in [0.3, 0.4) is 0 Å². The Morgan fingerprint density at radius 2 is 1.44 bits per heavy atom. The largest absolute Gasteiger partial charge is 0.352 e. The molecule has 0 bridgehead atoms. The molecule has 0 aromatic heterocycles. The van der Waals surface area contributed by atoms with Crippen molar-refractivity contribution in [3.05, 3.63) is 146 Å². The van der Waals surface area contributed by atoms with E-state index in [4.69, 9.17) is 11.6 Å². The predicted octanol–water partition coefficient (Wildman–Crippen LogP) is 6.56. The third-order valence-corrected chi connectivity index (χ3v) is 8.93. The zero-order valence-electron chi connectivity index (χ0n) is 21.4. The lowest BCUT2D eigenvalue weighted by atomic mass is 9.64. The van der Waals surface area contributed by atoms with Gasteiger partial charge in [-0.15, -0.1) is 0 Å². The number of anilines is 1. The summed E-state index contributed by atoms with van der Waals surface area (Å²) < 4.78 is 0. The van der Waals surface area contributed by atoms with Crippen LogP contribution in [0.2, 0.25) is 5.02 Å². The van der Waals surface area contributed by atoms with Gasteiger partial charge in [0.15, 0.2) is 17.3 Å². The summed E-state index contributed by atoms with van der Waals surface area (Å²) in [7, 11) is 0. The van der Waals surface area contributed by atoms with Gasteiger partial charge in [0.05, 0.1) is 11.0 Å². The van der Waals surface area contributed by atoms with Gasteiger partial charge < -0.3 is 4.90 Å². The summed E-state index contributed by atoms with van der Waals surface area (Å²) in [5.74, 6) is -2.01. The molecule has 1 aliphatic carbocycles. The Morgan fingerprint density at radius 1 is 0.829 bits per heavy atom. The highest BCUT2D eigenvalue weighted by molar-refractivity contribution is 6.34. The average Bonchev–Trinajstić information content (AvgIpc) is 3.43. The van der Waals surface area contributed by atoms with E-state index in [2.05, 4.69) is 0 Å². The molecule has 3 aliphatic rings. The van der Waals surface area contributed by atoms with Crippen LogP contribution in [0.15, 0.2) is 103 Å². The molecule has 4 aromatic carbocycles. The van der Waals surface area contributed by atoms with Crippen molar-refractivity contribution in [2.75, 3.05) is 4.90 Å². The number of benzene rings is 4. The first kappa shape index (κ1) is 25.1. The number of nitro benzene ring substituents is 1. The third-order valence-electron chi connectivity index (χ3n) is 8.58. The van der Waals surface area contributed by atoms with Gasteiger partial charge >= 0.3 is 0 Å². The van der Waals surface area contributed by atoms with Gasteiger partial charge in [-0.2, -0.15) is 0 Å². The van der Waals surface area contributed by atoms with Crippen molar-refractivity contribution < 1.29 is 19.3 Å². The van der Waals surface area contributed by atoms with Crippen molar-refractivity contribution >= 4 is 46.4 Å². The molecular formula is C33H21ClN2O5. The van der Waals surface area contributed by atoms with Crippen LogP contribution in [0, 0.1) is 15.5 Å². The monoisotopic (exact) mass is 560 g/mol. The van der Waals surface area contributed by atoms with Crippen LogP contribution in [-0.2, 0) is 0 Å². The molecule has 1 spiro atoms. The summed E-state index contributed by atoms with van der Waals surface area (Å²) in [5.41, 5.74) is 1.14. The van der Waals surface area contributed by atoms with E-state index in [9.17, 15) is 24.5 Å². The molecule has 8 heteroatoms. The number of halogens is 1. The molecule has 7 nitrogen and oxygen atoms in total. The maximum atomic E-state index is 14.6. The second-order valence-corrected chi connectivity index (χ2v) is 10.9. The van der Waals surface area contributed by atoms with E-state index in [0.717, 1.165) is 5.56 Å². The lowest BCUT2D eigenvalue weighted by Crippen LogP contribution is -2.48. The number of carbonyl (C=O) groups excluding carboxylic acids is 3. The van der Waals surface area contributed by atoms with Gasteiger partial charge in [-0.05, 0) is 35.4 Å². The van der Waals surface area contributed by atoms with E-state index in [1.807, 2.05) is 41.3 Å². The van der Waals surface area contributed by atoms with Crippen molar-refractivity contribution in [2.45, 2.75) is 18.0 Å². The van der Waals surface area contributed by atoms with Gasteiger partial charge in [0.25, 0.3) is 5.69 Å². The van der Waals surface area contributed by atoms with Crippen molar-refractivity contribution in [1.29, 1.82) is 0 Å². The summed E-state index contributed by atoms with van der Waals surface area (Å²) in [6.07, 6.45) is 3.74. The van der Waals surface area contributed by atoms with Crippen molar-refractivity contribution in [2.24, 2.45) is 5.41 Å². The number of para-hydroxylation sites is 1. The molecule has 0 N–H and O–H groups in total. The lowest BCUT2D eigenvalue weighted by molar-refractivity contribution is -0.384. The number of ketones is 3. The fraction of sp³-hybridized carbons (Fsp3) is 0.121. The molecule has 41 heavy (non-hydrogen) atoms. The lowest BCUT2D eigenvalue weighted by Gasteiger charge is -2.37. The minimum Gasteiger partial charge on any atom is -0.352 e. The van der Waals surface area contributed by atoms with Gasteiger partial charge in [0.1, 0.15) is 11.5 Å². The van der Waals surface area contributed by atoms with E-state index in [1.54, 1.807) is 48.5 Å². The number of nitro groups is 1. The molecule has 1 saturated heterocycles. The standard InChI is InChI=1S/C33H21ClN2O5/c34-25-11-5-4-10-24(25)28-29(30(37)20-13-16-21(17-14-20)36(40)41)35-26-12-6-1-7-19(26)15-18-27(35)33(28)31(38)22-8-2-3-9-23(22)32(33)39/h1-18,27-29H/t27?,28-,29+/m1/s1. The van der Waals surface area contributed by atoms with E-state index in [1.165, 1.54) is 24.3 Å². The summed E-state index contributed by atoms with van der Waals surface area (Å²) in [5, 5.41) is 11.6. The highest BCUT2D eigenvalue weighted by Gasteiger charge is 2.71. The summed E-state index contributed by atoms with van der Waals surface area (Å²) >= 11 is 6.80. The second-order valence-electron chi connectivity index (χ2n) is 10.5.